The van der Waals surface area contributed by atoms with E-state index in [1.165, 1.54) is 13.8 Å². The average molecular weight is 465 g/mol. The maximum atomic E-state index is 12.3. The maximum absolute atomic E-state index is 12.3. The summed E-state index contributed by atoms with van der Waals surface area (Å²) in [5.41, 5.74) is -2.97. The van der Waals surface area contributed by atoms with Crippen molar-refractivity contribution in [3.8, 4) is 0 Å². The van der Waals surface area contributed by atoms with E-state index in [1.807, 2.05) is 21.1 Å². The Morgan fingerprint density at radius 2 is 1.56 bits per heavy atom. The van der Waals surface area contributed by atoms with E-state index in [2.05, 4.69) is 4.74 Å². The van der Waals surface area contributed by atoms with Crippen LogP contribution in [-0.4, -0.2) is 103 Å². The van der Waals surface area contributed by atoms with Crippen LogP contribution >= 0.6 is 0 Å². The van der Waals surface area contributed by atoms with Crippen LogP contribution in [0.3, 0.4) is 0 Å². The number of aliphatic hydroxyl groups is 1. The lowest BCUT2D eigenvalue weighted by Crippen LogP contribution is -2.52. The molecular weight excluding hydrogens is 434 g/mol. The minimum Gasteiger partial charge on any atom is -0.547 e. The topological polar surface area (TPSA) is 186 Å². The van der Waals surface area contributed by atoms with Gasteiger partial charge in [0.15, 0.2) is 6.10 Å². The Balaban J connectivity index is 5.41. The van der Waals surface area contributed by atoms with Gasteiger partial charge in [-0.3, -0.25) is 9.59 Å². The van der Waals surface area contributed by atoms with E-state index in [4.69, 9.17) is 19.3 Å². The van der Waals surface area contributed by atoms with Crippen LogP contribution < -0.4 is 5.11 Å². The molecule has 0 radical (unpaired) electrons. The molecule has 0 aliphatic heterocycles. The molecule has 0 amide bonds. The Morgan fingerprint density at radius 3 is 2.00 bits per heavy atom. The fraction of sp³-hybridized carbons (Fsp3) is 0.737. The summed E-state index contributed by atoms with van der Waals surface area (Å²) in [6, 6.07) is 0. The van der Waals surface area contributed by atoms with E-state index in [1.54, 1.807) is 0 Å². The quantitative estimate of drug-likeness (QED) is 0.115. The molecular formula is C19H31NO12. The van der Waals surface area contributed by atoms with E-state index in [0.29, 0.717) is 11.0 Å². The molecule has 32 heavy (non-hydrogen) atoms. The van der Waals surface area contributed by atoms with Crippen LogP contribution in [0, 0.1) is 0 Å². The number of likely N-dealkylation sites (N-methyl/N-ethyl adjacent to an activating group) is 1. The first-order valence-electron chi connectivity index (χ1n) is 9.79. The van der Waals surface area contributed by atoms with Crippen molar-refractivity contribution in [2.75, 3.05) is 40.9 Å². The van der Waals surface area contributed by atoms with Gasteiger partial charge >= 0.3 is 30.2 Å². The summed E-state index contributed by atoms with van der Waals surface area (Å²) in [6.07, 6.45) is -6.02. The summed E-state index contributed by atoms with van der Waals surface area (Å²) in [7, 11) is 5.45. The monoisotopic (exact) mass is 465 g/mol. The summed E-state index contributed by atoms with van der Waals surface area (Å²) in [5, 5.41) is 30.5. The lowest BCUT2D eigenvalue weighted by molar-refractivity contribution is -0.870. The molecule has 13 nitrogen and oxygen atoms in total. The number of carboxylic acid groups (broad SMARTS) is 2. The maximum Gasteiger partial charge on any atom is 0.377 e. The summed E-state index contributed by atoms with van der Waals surface area (Å²) in [6.45, 7) is 3.04. The Labute approximate surface area is 185 Å². The third-order valence-corrected chi connectivity index (χ3v) is 3.93. The molecule has 0 rings (SSSR count). The van der Waals surface area contributed by atoms with Crippen LogP contribution in [0.4, 0.5) is 0 Å². The molecule has 0 aromatic rings. The number of carbonyl (C=O) groups is 5. The first-order chi connectivity index (χ1) is 14.6. The van der Waals surface area contributed by atoms with Gasteiger partial charge in [0.05, 0.1) is 46.6 Å². The molecule has 13 heteroatoms. The lowest BCUT2D eigenvalue weighted by atomic mass is 9.96. The van der Waals surface area contributed by atoms with Gasteiger partial charge in [-0.1, -0.05) is 6.92 Å². The Kier molecular flexibility index (Phi) is 11.8. The van der Waals surface area contributed by atoms with Gasteiger partial charge in [0.2, 0.25) is 0 Å². The normalized spacial score (nSPS) is 15.1. The number of carbonyl (C=O) groups excluding carboxylic acids is 4. The van der Waals surface area contributed by atoms with E-state index < -0.39 is 60.7 Å². The van der Waals surface area contributed by atoms with E-state index >= 15 is 0 Å². The highest BCUT2D eigenvalue weighted by Gasteiger charge is 2.38. The molecule has 0 aromatic carbocycles. The van der Waals surface area contributed by atoms with Crippen LogP contribution in [0.5, 0.6) is 0 Å². The highest BCUT2D eigenvalue weighted by atomic mass is 16.7. The summed E-state index contributed by atoms with van der Waals surface area (Å²) < 4.78 is 19.7. The molecule has 0 saturated heterocycles. The number of aliphatic carboxylic acids is 2. The van der Waals surface area contributed by atoms with Crippen LogP contribution in [0.1, 0.15) is 33.1 Å². The first-order valence-corrected chi connectivity index (χ1v) is 9.79. The number of hydrogen-bond acceptors (Lipinski definition) is 11. The Hall–Kier alpha value is -2.77. The molecule has 2 N–H and O–H groups in total. The molecule has 0 bridgehead atoms. The molecule has 0 saturated carbocycles. The van der Waals surface area contributed by atoms with Crippen LogP contribution in [0.15, 0.2) is 0 Å². The van der Waals surface area contributed by atoms with Crippen LogP contribution in [0.25, 0.3) is 0 Å². The number of rotatable bonds is 15. The number of nitrogens with zero attached hydrogens (tertiary/aromatic N) is 1. The molecule has 3 unspecified atom stereocenters. The summed E-state index contributed by atoms with van der Waals surface area (Å²) in [4.78, 5) is 58.5. The number of hydrogen-bond donors (Lipinski definition) is 2. The average Bonchev–Trinajstić information content (AvgIpc) is 2.63. The third-order valence-electron chi connectivity index (χ3n) is 3.93. The van der Waals surface area contributed by atoms with Crippen molar-refractivity contribution in [3.05, 3.63) is 0 Å². The zero-order valence-electron chi connectivity index (χ0n) is 18.8. The predicted octanol–water partition coefficient (Wildman–Crippen LogP) is -2.19. The van der Waals surface area contributed by atoms with Crippen molar-refractivity contribution in [1.82, 2.24) is 0 Å². The predicted molar refractivity (Wildman–Crippen MR) is 102 cm³/mol. The zero-order chi connectivity index (χ0) is 25.1. The zero-order valence-corrected chi connectivity index (χ0v) is 18.8. The van der Waals surface area contributed by atoms with Gasteiger partial charge in [-0.15, -0.1) is 0 Å². The number of carboxylic acids is 2. The molecule has 3 atom stereocenters. The van der Waals surface area contributed by atoms with Crippen molar-refractivity contribution < 1.29 is 62.7 Å². The first kappa shape index (κ1) is 29.2. The van der Waals surface area contributed by atoms with Crippen molar-refractivity contribution in [2.45, 2.75) is 51.1 Å². The second kappa shape index (κ2) is 12.9. The highest BCUT2D eigenvalue weighted by molar-refractivity contribution is 5.89. The smallest absolute Gasteiger partial charge is 0.377 e. The fourth-order valence-corrected chi connectivity index (χ4v) is 2.15. The van der Waals surface area contributed by atoms with Crippen LogP contribution in [0.2, 0.25) is 0 Å². The third kappa shape index (κ3) is 11.0. The molecule has 0 heterocycles. The highest BCUT2D eigenvalue weighted by Crippen LogP contribution is 2.18. The molecule has 0 aliphatic rings. The van der Waals surface area contributed by atoms with Crippen LogP contribution in [-0.2, 0) is 42.9 Å². The van der Waals surface area contributed by atoms with Gasteiger partial charge in [-0.05, 0) is 13.3 Å². The Bertz CT molecular complexity index is 686. The molecule has 0 spiro atoms. The van der Waals surface area contributed by atoms with Gasteiger partial charge in [0.1, 0.15) is 18.8 Å². The van der Waals surface area contributed by atoms with Gasteiger partial charge in [0, 0.05) is 0 Å². The largest absolute Gasteiger partial charge is 0.547 e. The number of esters is 3. The van der Waals surface area contributed by atoms with E-state index in [-0.39, 0.29) is 19.6 Å². The van der Waals surface area contributed by atoms with Crippen molar-refractivity contribution >= 4 is 29.8 Å². The lowest BCUT2D eigenvalue weighted by Gasteiger charge is -2.28. The summed E-state index contributed by atoms with van der Waals surface area (Å²) in [5.74, 6) is -7.44. The standard InChI is InChI=1S/C19H31NO12/c1-6-12(15(23)24)31-16(25)17(30-9-8-20(3,4)5)32-14(22)11-19(28,18(26)27)10-13(21)29-7-2/h12,17,28H,6-11H2,1-5H3,(H-,23,24,26,27). The SMILES string of the molecule is CCOC(=O)CC(O)(CC(=O)OC(OCC[N+](C)(C)C)C(=O)OC(CC)C(=O)O)C(=O)[O-]. The van der Waals surface area contributed by atoms with Gasteiger partial charge < -0.3 is 43.5 Å². The van der Waals surface area contributed by atoms with E-state index in [0.717, 1.165) is 0 Å². The van der Waals surface area contributed by atoms with Gasteiger partial charge in [-0.25, -0.2) is 9.59 Å². The molecule has 0 aliphatic carbocycles. The number of quaternary nitrogens is 1. The van der Waals surface area contributed by atoms with Gasteiger partial charge in [-0.2, -0.15) is 0 Å². The minimum atomic E-state index is -2.97. The van der Waals surface area contributed by atoms with Crippen molar-refractivity contribution in [3.63, 3.8) is 0 Å². The summed E-state index contributed by atoms with van der Waals surface area (Å²) >= 11 is 0. The van der Waals surface area contributed by atoms with Crippen molar-refractivity contribution in [2.24, 2.45) is 0 Å². The van der Waals surface area contributed by atoms with E-state index in [9.17, 15) is 34.2 Å². The number of ether oxygens (including phenoxy) is 4. The minimum absolute atomic E-state index is 0.0788. The second-order valence-corrected chi connectivity index (χ2v) is 7.86. The second-order valence-electron chi connectivity index (χ2n) is 7.86. The van der Waals surface area contributed by atoms with Gasteiger partial charge in [0.25, 0.3) is 0 Å². The molecule has 0 aromatic heterocycles. The van der Waals surface area contributed by atoms with Crippen molar-refractivity contribution in [1.29, 1.82) is 0 Å². The molecule has 0 fully saturated rings. The fourth-order valence-electron chi connectivity index (χ4n) is 2.15. The molecule has 184 valence electrons. The Morgan fingerprint density at radius 1 is 1.00 bits per heavy atom.